The largest absolute Gasteiger partial charge is 0.445 e. The molecule has 0 heterocycles. The Hall–Kier alpha value is -2.59. The number of rotatable bonds is 7. The Kier molecular flexibility index (Phi) is 6.88. The van der Waals surface area contributed by atoms with E-state index in [1.807, 2.05) is 66.7 Å². The summed E-state index contributed by atoms with van der Waals surface area (Å²) in [6.45, 7) is 1.39. The number of hydrogen-bond donors (Lipinski definition) is 2. The fourth-order valence-electron chi connectivity index (χ4n) is 2.02. The van der Waals surface area contributed by atoms with Gasteiger partial charge in [-0.15, -0.1) is 0 Å². The molecule has 4 nitrogen and oxygen atoms in total. The molecule has 0 saturated heterocycles. The first-order chi connectivity index (χ1) is 11.3. The second-order valence-corrected chi connectivity index (χ2v) is 5.13. The van der Waals surface area contributed by atoms with Crippen molar-refractivity contribution in [1.29, 1.82) is 0 Å². The Bertz CT molecular complexity index is 622. The van der Waals surface area contributed by atoms with Crippen molar-refractivity contribution in [1.82, 2.24) is 5.32 Å². The van der Waals surface area contributed by atoms with Gasteiger partial charge in [-0.1, -0.05) is 66.7 Å². The second-order valence-electron chi connectivity index (χ2n) is 5.13. The van der Waals surface area contributed by atoms with Crippen LogP contribution < -0.4 is 11.1 Å². The Morgan fingerprint density at radius 1 is 1.04 bits per heavy atom. The van der Waals surface area contributed by atoms with Crippen LogP contribution in [-0.2, 0) is 17.9 Å². The third-order valence-electron chi connectivity index (χ3n) is 3.32. The number of nitrogens with one attached hydrogen (secondary N) is 1. The summed E-state index contributed by atoms with van der Waals surface area (Å²) < 4.78 is 5.13. The van der Waals surface area contributed by atoms with Gasteiger partial charge in [0.2, 0.25) is 0 Å². The van der Waals surface area contributed by atoms with Crippen LogP contribution in [0.25, 0.3) is 6.08 Å². The predicted octanol–water partition coefficient (Wildman–Crippen LogP) is 3.48. The van der Waals surface area contributed by atoms with Gasteiger partial charge in [0.15, 0.2) is 0 Å². The van der Waals surface area contributed by atoms with Crippen molar-refractivity contribution in [3.8, 4) is 0 Å². The molecule has 0 aromatic heterocycles. The number of carbonyl (C=O) groups is 1. The van der Waals surface area contributed by atoms with E-state index >= 15 is 0 Å². The van der Waals surface area contributed by atoms with Crippen molar-refractivity contribution in [3.63, 3.8) is 0 Å². The maximum Gasteiger partial charge on any atom is 0.407 e. The minimum absolute atomic E-state index is 0.288. The van der Waals surface area contributed by atoms with E-state index in [1.165, 1.54) is 0 Å². The van der Waals surface area contributed by atoms with Crippen molar-refractivity contribution in [3.05, 3.63) is 77.4 Å². The number of hydrogen-bond acceptors (Lipinski definition) is 3. The lowest BCUT2D eigenvalue weighted by atomic mass is 10.1. The SMILES string of the molecule is NCc1ccc(C=CCCNC(=O)OCc2ccccc2)cc1. The van der Waals surface area contributed by atoms with Gasteiger partial charge in [-0.3, -0.25) is 0 Å². The van der Waals surface area contributed by atoms with Crippen LogP contribution in [0.1, 0.15) is 23.1 Å². The maximum atomic E-state index is 11.6. The van der Waals surface area contributed by atoms with Gasteiger partial charge in [-0.05, 0) is 23.1 Å². The van der Waals surface area contributed by atoms with E-state index in [4.69, 9.17) is 10.5 Å². The van der Waals surface area contributed by atoms with Crippen LogP contribution in [0.4, 0.5) is 4.79 Å². The van der Waals surface area contributed by atoms with Gasteiger partial charge in [0, 0.05) is 13.1 Å². The third kappa shape index (κ3) is 6.36. The van der Waals surface area contributed by atoms with E-state index in [-0.39, 0.29) is 6.61 Å². The zero-order valence-corrected chi connectivity index (χ0v) is 13.1. The number of alkyl carbamates (subject to hydrolysis) is 1. The number of ether oxygens (including phenoxy) is 1. The highest BCUT2D eigenvalue weighted by atomic mass is 16.5. The molecule has 4 heteroatoms. The van der Waals surface area contributed by atoms with Gasteiger partial charge >= 0.3 is 6.09 Å². The predicted molar refractivity (Wildman–Crippen MR) is 92.6 cm³/mol. The van der Waals surface area contributed by atoms with Gasteiger partial charge in [0.25, 0.3) is 0 Å². The van der Waals surface area contributed by atoms with Crippen molar-refractivity contribution >= 4 is 12.2 Å². The lowest BCUT2D eigenvalue weighted by Crippen LogP contribution is -2.24. The van der Waals surface area contributed by atoms with Gasteiger partial charge in [-0.25, -0.2) is 4.79 Å². The minimum Gasteiger partial charge on any atom is -0.445 e. The van der Waals surface area contributed by atoms with Crippen LogP contribution >= 0.6 is 0 Å². The summed E-state index contributed by atoms with van der Waals surface area (Å²) in [5, 5.41) is 2.73. The molecule has 0 fully saturated rings. The van der Waals surface area contributed by atoms with Crippen LogP contribution in [0.15, 0.2) is 60.7 Å². The fourth-order valence-corrected chi connectivity index (χ4v) is 2.02. The normalized spacial score (nSPS) is 10.7. The molecule has 2 rings (SSSR count). The Balaban J connectivity index is 1.62. The number of carbonyl (C=O) groups excluding carboxylic acids is 1. The molecule has 0 spiro atoms. The molecule has 23 heavy (non-hydrogen) atoms. The molecule has 0 aliphatic carbocycles. The highest BCUT2D eigenvalue weighted by Crippen LogP contribution is 2.06. The molecule has 120 valence electrons. The zero-order chi connectivity index (χ0) is 16.3. The zero-order valence-electron chi connectivity index (χ0n) is 13.1. The topological polar surface area (TPSA) is 64.3 Å². The molecule has 0 aliphatic rings. The van der Waals surface area contributed by atoms with Crippen LogP contribution in [0.3, 0.4) is 0 Å². The quantitative estimate of drug-likeness (QED) is 0.770. The molecule has 2 aromatic rings. The summed E-state index contributed by atoms with van der Waals surface area (Å²) in [7, 11) is 0. The highest BCUT2D eigenvalue weighted by Gasteiger charge is 2.00. The van der Waals surface area contributed by atoms with Crippen LogP contribution in [0, 0.1) is 0 Å². The molecule has 0 atom stereocenters. The molecule has 2 aromatic carbocycles. The van der Waals surface area contributed by atoms with Gasteiger partial charge in [0.05, 0.1) is 0 Å². The van der Waals surface area contributed by atoms with Gasteiger partial charge in [0.1, 0.15) is 6.61 Å². The van der Waals surface area contributed by atoms with E-state index in [9.17, 15) is 4.79 Å². The monoisotopic (exact) mass is 310 g/mol. The van der Waals surface area contributed by atoms with E-state index in [0.717, 1.165) is 23.1 Å². The summed E-state index contributed by atoms with van der Waals surface area (Å²) in [5.41, 5.74) is 8.77. The summed E-state index contributed by atoms with van der Waals surface area (Å²) in [6, 6.07) is 17.7. The molecule has 0 radical (unpaired) electrons. The minimum atomic E-state index is -0.394. The molecule has 0 unspecified atom stereocenters. The number of nitrogens with two attached hydrogens (primary N) is 1. The van der Waals surface area contributed by atoms with Crippen LogP contribution in [-0.4, -0.2) is 12.6 Å². The van der Waals surface area contributed by atoms with E-state index in [0.29, 0.717) is 13.1 Å². The highest BCUT2D eigenvalue weighted by molar-refractivity contribution is 5.67. The van der Waals surface area contributed by atoms with Crippen LogP contribution in [0.5, 0.6) is 0 Å². The Labute approximate surface area is 137 Å². The molecule has 0 aliphatic heterocycles. The molecular weight excluding hydrogens is 288 g/mol. The van der Waals surface area contributed by atoms with E-state index < -0.39 is 6.09 Å². The smallest absolute Gasteiger partial charge is 0.407 e. The molecular formula is C19H22N2O2. The molecule has 0 bridgehead atoms. The number of amides is 1. The third-order valence-corrected chi connectivity index (χ3v) is 3.32. The standard InChI is InChI=1S/C19H22N2O2/c20-14-17-11-9-16(10-12-17)6-4-5-13-21-19(22)23-15-18-7-2-1-3-8-18/h1-4,6-12H,5,13-15,20H2,(H,21,22). The first-order valence-corrected chi connectivity index (χ1v) is 7.68. The Morgan fingerprint density at radius 2 is 1.78 bits per heavy atom. The molecule has 3 N–H and O–H groups in total. The lowest BCUT2D eigenvalue weighted by Gasteiger charge is -2.05. The summed E-state index contributed by atoms with van der Waals surface area (Å²) in [5.74, 6) is 0. The van der Waals surface area contributed by atoms with Crippen molar-refractivity contribution in [2.24, 2.45) is 5.73 Å². The van der Waals surface area contributed by atoms with Crippen molar-refractivity contribution < 1.29 is 9.53 Å². The molecule has 0 saturated carbocycles. The number of benzene rings is 2. The van der Waals surface area contributed by atoms with Crippen LogP contribution in [0.2, 0.25) is 0 Å². The average Bonchev–Trinajstić information content (AvgIpc) is 2.61. The lowest BCUT2D eigenvalue weighted by molar-refractivity contribution is 0.140. The average molecular weight is 310 g/mol. The maximum absolute atomic E-state index is 11.6. The van der Waals surface area contributed by atoms with E-state index in [2.05, 4.69) is 5.32 Å². The first kappa shape index (κ1) is 16.8. The fraction of sp³-hybridized carbons (Fsp3) is 0.211. The summed E-state index contributed by atoms with van der Waals surface area (Å²) >= 11 is 0. The van der Waals surface area contributed by atoms with Gasteiger partial charge in [-0.2, -0.15) is 0 Å². The van der Waals surface area contributed by atoms with E-state index in [1.54, 1.807) is 0 Å². The second kappa shape index (κ2) is 9.43. The van der Waals surface area contributed by atoms with Crippen molar-refractivity contribution in [2.45, 2.75) is 19.6 Å². The van der Waals surface area contributed by atoms with Crippen molar-refractivity contribution in [2.75, 3.05) is 6.54 Å². The first-order valence-electron chi connectivity index (χ1n) is 7.68. The van der Waals surface area contributed by atoms with Gasteiger partial charge < -0.3 is 15.8 Å². The molecule has 1 amide bonds. The summed E-state index contributed by atoms with van der Waals surface area (Å²) in [4.78, 5) is 11.6. The summed E-state index contributed by atoms with van der Waals surface area (Å²) in [6.07, 6.45) is 4.40. The Morgan fingerprint density at radius 3 is 2.48 bits per heavy atom.